The summed E-state index contributed by atoms with van der Waals surface area (Å²) < 4.78 is 35.2. The maximum Gasteiger partial charge on any atom is 0.255 e. The van der Waals surface area contributed by atoms with Crippen molar-refractivity contribution in [2.75, 3.05) is 40.9 Å². The number of hydrogen-bond acceptors (Lipinski definition) is 4. The lowest BCUT2D eigenvalue weighted by Gasteiger charge is -2.19. The quantitative estimate of drug-likeness (QED) is 0.354. The summed E-state index contributed by atoms with van der Waals surface area (Å²) in [7, 11) is 4.84. The molecular weight excluding hydrogens is 457 g/mol. The molecule has 1 aliphatic rings. The number of alkyl halides is 2. The van der Waals surface area contributed by atoms with Gasteiger partial charge in [-0.15, -0.1) is 24.0 Å². The molecule has 0 bridgehead atoms. The van der Waals surface area contributed by atoms with Gasteiger partial charge in [0.15, 0.2) is 5.96 Å². The molecule has 1 saturated heterocycles. The normalized spacial score (nSPS) is 17.8. The van der Waals surface area contributed by atoms with Gasteiger partial charge in [0, 0.05) is 38.8 Å². The highest BCUT2D eigenvalue weighted by atomic mass is 127. The Morgan fingerprint density at radius 2 is 1.92 bits per heavy atom. The lowest BCUT2D eigenvalue weighted by atomic mass is 10.2. The van der Waals surface area contributed by atoms with Crippen molar-refractivity contribution in [2.24, 2.45) is 4.99 Å². The van der Waals surface area contributed by atoms with Crippen molar-refractivity contribution in [1.29, 1.82) is 0 Å². The zero-order valence-corrected chi connectivity index (χ0v) is 17.6. The largest absolute Gasteiger partial charge is 0.497 e. The van der Waals surface area contributed by atoms with Crippen LogP contribution in [0.5, 0.6) is 11.5 Å². The molecule has 1 unspecified atom stereocenters. The van der Waals surface area contributed by atoms with E-state index in [9.17, 15) is 8.78 Å². The minimum atomic E-state index is -2.40. The molecule has 1 aromatic rings. The summed E-state index contributed by atoms with van der Waals surface area (Å²) in [6.45, 7) is 2.10. The average molecular weight is 484 g/mol. The standard InChI is InChI=1S/C17H26F2N4O2.HI/c1-20-17(21-9-16(18)19)22-13-4-5-23(11-13)10-12-6-14(24-2)8-15(7-12)25-3;/h6-8,13,16H,4-5,9-11H2,1-3H3,(H2,20,21,22);1H. The van der Waals surface area contributed by atoms with E-state index in [0.29, 0.717) is 5.96 Å². The van der Waals surface area contributed by atoms with Crippen LogP contribution < -0.4 is 20.1 Å². The van der Waals surface area contributed by atoms with Crippen molar-refractivity contribution in [3.8, 4) is 11.5 Å². The van der Waals surface area contributed by atoms with Crippen LogP contribution in [0.2, 0.25) is 0 Å². The SMILES string of the molecule is CN=C(NCC(F)F)NC1CCN(Cc2cc(OC)cc(OC)c2)C1.I. The van der Waals surface area contributed by atoms with E-state index < -0.39 is 13.0 Å². The monoisotopic (exact) mass is 484 g/mol. The first-order valence-corrected chi connectivity index (χ1v) is 8.23. The Kier molecular flexibility index (Phi) is 9.92. The van der Waals surface area contributed by atoms with Crippen molar-refractivity contribution in [3.05, 3.63) is 23.8 Å². The fourth-order valence-corrected chi connectivity index (χ4v) is 2.87. The summed E-state index contributed by atoms with van der Waals surface area (Å²) >= 11 is 0. The van der Waals surface area contributed by atoms with Gasteiger partial charge in [0.25, 0.3) is 6.43 Å². The van der Waals surface area contributed by atoms with Crippen LogP contribution >= 0.6 is 24.0 Å². The zero-order chi connectivity index (χ0) is 18.2. The number of halogens is 3. The number of guanidine groups is 1. The van der Waals surface area contributed by atoms with Crippen molar-refractivity contribution in [2.45, 2.75) is 25.4 Å². The predicted octanol–water partition coefficient (Wildman–Crippen LogP) is 2.33. The molecule has 1 heterocycles. The number of methoxy groups -OCH3 is 2. The summed E-state index contributed by atoms with van der Waals surface area (Å²) in [5, 5.41) is 5.82. The van der Waals surface area contributed by atoms with Crippen LogP contribution in [0.4, 0.5) is 8.78 Å². The van der Waals surface area contributed by atoms with Crippen LogP contribution in [-0.4, -0.2) is 64.2 Å². The number of rotatable bonds is 7. The van der Waals surface area contributed by atoms with E-state index in [-0.39, 0.29) is 30.0 Å². The predicted molar refractivity (Wildman–Crippen MR) is 109 cm³/mol. The van der Waals surface area contributed by atoms with E-state index in [1.54, 1.807) is 21.3 Å². The van der Waals surface area contributed by atoms with E-state index in [4.69, 9.17) is 9.47 Å². The van der Waals surface area contributed by atoms with Crippen LogP contribution in [0.3, 0.4) is 0 Å². The van der Waals surface area contributed by atoms with E-state index >= 15 is 0 Å². The third-order valence-corrected chi connectivity index (χ3v) is 4.08. The molecule has 0 radical (unpaired) electrons. The number of aliphatic imine (C=N–C) groups is 1. The topological polar surface area (TPSA) is 58.1 Å². The van der Waals surface area contributed by atoms with Crippen molar-refractivity contribution >= 4 is 29.9 Å². The molecule has 1 fully saturated rings. The highest BCUT2D eigenvalue weighted by Crippen LogP contribution is 2.24. The molecular formula is C17H27F2IN4O2. The summed E-state index contributed by atoms with van der Waals surface area (Å²) in [5.74, 6) is 1.94. The molecule has 1 aliphatic heterocycles. The molecule has 6 nitrogen and oxygen atoms in total. The minimum Gasteiger partial charge on any atom is -0.497 e. The maximum absolute atomic E-state index is 12.3. The van der Waals surface area contributed by atoms with Crippen molar-refractivity contribution in [1.82, 2.24) is 15.5 Å². The smallest absolute Gasteiger partial charge is 0.255 e. The van der Waals surface area contributed by atoms with Gasteiger partial charge in [-0.25, -0.2) is 8.78 Å². The lowest BCUT2D eigenvalue weighted by molar-refractivity contribution is 0.152. The van der Waals surface area contributed by atoms with Gasteiger partial charge in [-0.1, -0.05) is 0 Å². The molecule has 1 aromatic carbocycles. The second kappa shape index (κ2) is 11.4. The van der Waals surface area contributed by atoms with Gasteiger partial charge < -0.3 is 20.1 Å². The molecule has 0 saturated carbocycles. The Morgan fingerprint density at radius 3 is 2.46 bits per heavy atom. The third kappa shape index (κ3) is 7.10. The molecule has 0 aromatic heterocycles. The molecule has 26 heavy (non-hydrogen) atoms. The maximum atomic E-state index is 12.3. The average Bonchev–Trinajstić information content (AvgIpc) is 3.04. The molecule has 0 amide bonds. The zero-order valence-electron chi connectivity index (χ0n) is 15.3. The molecule has 148 valence electrons. The van der Waals surface area contributed by atoms with Crippen molar-refractivity contribution < 1.29 is 18.3 Å². The number of likely N-dealkylation sites (tertiary alicyclic amines) is 1. The van der Waals surface area contributed by atoms with E-state index in [1.165, 1.54) is 0 Å². The van der Waals surface area contributed by atoms with E-state index in [2.05, 4.69) is 20.5 Å². The second-order valence-corrected chi connectivity index (χ2v) is 5.93. The van der Waals surface area contributed by atoms with Gasteiger partial charge in [0.1, 0.15) is 11.5 Å². The number of nitrogens with one attached hydrogen (secondary N) is 2. The highest BCUT2D eigenvalue weighted by Gasteiger charge is 2.23. The van der Waals surface area contributed by atoms with Crippen LogP contribution in [0.1, 0.15) is 12.0 Å². The van der Waals surface area contributed by atoms with Crippen LogP contribution in [0.15, 0.2) is 23.2 Å². The van der Waals surface area contributed by atoms with E-state index in [0.717, 1.165) is 43.1 Å². The Labute approximate surface area is 170 Å². The van der Waals surface area contributed by atoms with Gasteiger partial charge >= 0.3 is 0 Å². The summed E-state index contributed by atoms with van der Waals surface area (Å²) in [4.78, 5) is 6.29. The third-order valence-electron chi connectivity index (χ3n) is 4.08. The van der Waals surface area contributed by atoms with Gasteiger partial charge in [-0.3, -0.25) is 9.89 Å². The molecule has 9 heteroatoms. The number of nitrogens with zero attached hydrogens (tertiary/aromatic N) is 2. The second-order valence-electron chi connectivity index (χ2n) is 5.93. The minimum absolute atomic E-state index is 0. The fourth-order valence-electron chi connectivity index (χ4n) is 2.87. The Balaban J connectivity index is 0.00000338. The Morgan fingerprint density at radius 1 is 1.27 bits per heavy atom. The number of benzene rings is 1. The summed E-state index contributed by atoms with van der Waals surface area (Å²) in [6, 6.07) is 6.01. The van der Waals surface area contributed by atoms with Gasteiger partial charge in [-0.05, 0) is 24.1 Å². The Bertz CT molecular complexity index is 568. The summed E-state index contributed by atoms with van der Waals surface area (Å²) in [6.07, 6.45) is -1.47. The van der Waals surface area contributed by atoms with Gasteiger partial charge in [0.2, 0.25) is 0 Å². The Hall–Kier alpha value is -1.36. The molecule has 0 spiro atoms. The van der Waals surface area contributed by atoms with Crippen LogP contribution in [0.25, 0.3) is 0 Å². The van der Waals surface area contributed by atoms with Crippen LogP contribution in [0, 0.1) is 0 Å². The van der Waals surface area contributed by atoms with Gasteiger partial charge in [0.05, 0.1) is 20.8 Å². The van der Waals surface area contributed by atoms with Crippen LogP contribution in [-0.2, 0) is 6.54 Å². The van der Waals surface area contributed by atoms with Gasteiger partial charge in [-0.2, -0.15) is 0 Å². The van der Waals surface area contributed by atoms with Crippen molar-refractivity contribution in [3.63, 3.8) is 0 Å². The summed E-state index contributed by atoms with van der Waals surface area (Å²) in [5.41, 5.74) is 1.11. The molecule has 2 N–H and O–H groups in total. The number of hydrogen-bond donors (Lipinski definition) is 2. The first-order chi connectivity index (χ1) is 12.0. The van der Waals surface area contributed by atoms with E-state index in [1.807, 2.05) is 18.2 Å². The highest BCUT2D eigenvalue weighted by molar-refractivity contribution is 14.0. The number of ether oxygens (including phenoxy) is 2. The lowest BCUT2D eigenvalue weighted by Crippen LogP contribution is -2.45. The first kappa shape index (κ1) is 22.7. The molecule has 2 rings (SSSR count). The molecule has 1 atom stereocenters. The molecule has 0 aliphatic carbocycles. The first-order valence-electron chi connectivity index (χ1n) is 8.23. The fraction of sp³-hybridized carbons (Fsp3) is 0.588.